The number of halogens is 1. The van der Waals surface area contributed by atoms with Crippen LogP contribution in [0.25, 0.3) is 22.2 Å². The summed E-state index contributed by atoms with van der Waals surface area (Å²) in [6, 6.07) is 6.81. The van der Waals surface area contributed by atoms with E-state index < -0.39 is 5.82 Å². The Morgan fingerprint density at radius 2 is 2.18 bits per heavy atom. The molecule has 0 radical (unpaired) electrons. The van der Waals surface area contributed by atoms with E-state index in [2.05, 4.69) is 20.5 Å². The van der Waals surface area contributed by atoms with E-state index in [-0.39, 0.29) is 17.9 Å². The summed E-state index contributed by atoms with van der Waals surface area (Å²) >= 11 is 0. The van der Waals surface area contributed by atoms with Crippen molar-refractivity contribution in [3.63, 3.8) is 0 Å². The first-order chi connectivity index (χ1) is 10.7. The van der Waals surface area contributed by atoms with Crippen molar-refractivity contribution < 1.29 is 9.50 Å². The van der Waals surface area contributed by atoms with Gasteiger partial charge < -0.3 is 16.2 Å². The predicted octanol–water partition coefficient (Wildman–Crippen LogP) is 2.14. The molecule has 0 atom stereocenters. The van der Waals surface area contributed by atoms with Crippen LogP contribution in [0, 0.1) is 5.82 Å². The van der Waals surface area contributed by atoms with E-state index in [1.807, 2.05) is 0 Å². The number of benzene rings is 1. The van der Waals surface area contributed by atoms with Crippen LogP contribution < -0.4 is 11.1 Å². The van der Waals surface area contributed by atoms with Gasteiger partial charge in [0.05, 0.1) is 5.69 Å². The minimum absolute atomic E-state index is 0.0865. The third kappa shape index (κ3) is 2.58. The Balaban J connectivity index is 2.10. The van der Waals surface area contributed by atoms with Gasteiger partial charge in [0.2, 0.25) is 0 Å². The topological polar surface area (TPSA) is 99.8 Å². The molecule has 22 heavy (non-hydrogen) atoms. The second-order valence-corrected chi connectivity index (χ2v) is 4.88. The minimum Gasteiger partial charge on any atom is -0.396 e. The zero-order valence-electron chi connectivity index (χ0n) is 11.8. The van der Waals surface area contributed by atoms with Gasteiger partial charge in [-0.25, -0.2) is 9.37 Å². The number of nitrogens with two attached hydrogens (primary N) is 1. The molecule has 2 aromatic heterocycles. The number of rotatable bonds is 5. The summed E-state index contributed by atoms with van der Waals surface area (Å²) in [7, 11) is 0. The zero-order valence-corrected chi connectivity index (χ0v) is 11.8. The normalized spacial score (nSPS) is 11.0. The van der Waals surface area contributed by atoms with Gasteiger partial charge in [0.25, 0.3) is 0 Å². The smallest absolute Gasteiger partial charge is 0.159 e. The molecule has 1 aromatic carbocycles. The molecule has 0 unspecified atom stereocenters. The third-order valence-electron chi connectivity index (χ3n) is 3.37. The number of aromatic amines is 1. The Kier molecular flexibility index (Phi) is 3.88. The van der Waals surface area contributed by atoms with E-state index >= 15 is 0 Å². The van der Waals surface area contributed by atoms with Gasteiger partial charge in [0, 0.05) is 42.1 Å². The minimum atomic E-state index is -0.456. The molecule has 5 N–H and O–H groups in total. The molecule has 2 heterocycles. The number of aliphatic hydroxyl groups excluding tert-OH is 1. The number of hydrogen-bond donors (Lipinski definition) is 4. The first-order valence-electron chi connectivity index (χ1n) is 6.94. The van der Waals surface area contributed by atoms with Gasteiger partial charge in [-0.2, -0.15) is 5.10 Å². The molecule has 0 saturated heterocycles. The molecule has 3 aromatic rings. The lowest BCUT2D eigenvalue weighted by Crippen LogP contribution is -2.06. The number of pyridine rings is 1. The van der Waals surface area contributed by atoms with Crippen LogP contribution in [0.15, 0.2) is 30.5 Å². The summed E-state index contributed by atoms with van der Waals surface area (Å²) in [5.74, 6) is -0.223. The van der Waals surface area contributed by atoms with Crippen molar-refractivity contribution in [3.8, 4) is 11.3 Å². The molecule has 0 aliphatic heterocycles. The van der Waals surface area contributed by atoms with E-state index in [1.54, 1.807) is 30.5 Å². The summed E-state index contributed by atoms with van der Waals surface area (Å²) in [5, 5.41) is 19.3. The Morgan fingerprint density at radius 3 is 2.91 bits per heavy atom. The Hall–Kier alpha value is -2.67. The monoisotopic (exact) mass is 301 g/mol. The third-order valence-corrected chi connectivity index (χ3v) is 3.37. The van der Waals surface area contributed by atoms with Crippen LogP contribution >= 0.6 is 0 Å². The predicted molar refractivity (Wildman–Crippen MR) is 83.9 cm³/mol. The largest absolute Gasteiger partial charge is 0.396 e. The average Bonchev–Trinajstić information content (AvgIpc) is 3.02. The van der Waals surface area contributed by atoms with Crippen molar-refractivity contribution in [1.29, 1.82) is 0 Å². The van der Waals surface area contributed by atoms with Crippen LogP contribution in [0.5, 0.6) is 0 Å². The quantitative estimate of drug-likeness (QED) is 0.541. The van der Waals surface area contributed by atoms with Crippen molar-refractivity contribution in [3.05, 3.63) is 36.3 Å². The molecule has 0 aliphatic rings. The molecule has 0 spiro atoms. The standard InChI is InChI=1S/C15H16FN5O/c16-14-9(11-4-6-19-21-11)2-3-10-12(18-5-1-7-22)8-13(17)20-15(10)14/h2-4,6,8,22H,1,5,7H2,(H,19,21)(H3,17,18,20). The molecular weight excluding hydrogens is 285 g/mol. The number of nitrogens with zero attached hydrogens (tertiary/aromatic N) is 2. The Labute approximate surface area is 126 Å². The SMILES string of the molecule is Nc1cc(NCCCO)c2ccc(-c3cc[nH]n3)c(F)c2n1. The molecular formula is C15H16FN5O. The fourth-order valence-electron chi connectivity index (χ4n) is 2.33. The highest BCUT2D eigenvalue weighted by molar-refractivity contribution is 5.95. The fourth-order valence-corrected chi connectivity index (χ4v) is 2.33. The Bertz CT molecular complexity index is 788. The number of fused-ring (bicyclic) bond motifs is 1. The number of aromatic nitrogens is 3. The van der Waals surface area contributed by atoms with Gasteiger partial charge >= 0.3 is 0 Å². The number of hydrogen-bond acceptors (Lipinski definition) is 5. The molecule has 0 aliphatic carbocycles. The van der Waals surface area contributed by atoms with Crippen LogP contribution in [0.2, 0.25) is 0 Å². The van der Waals surface area contributed by atoms with Crippen LogP contribution in [-0.2, 0) is 0 Å². The lowest BCUT2D eigenvalue weighted by Gasteiger charge is -2.12. The molecule has 114 valence electrons. The number of nitrogens with one attached hydrogen (secondary N) is 2. The van der Waals surface area contributed by atoms with Crippen LogP contribution in [-0.4, -0.2) is 33.4 Å². The highest BCUT2D eigenvalue weighted by Crippen LogP contribution is 2.31. The number of anilines is 2. The molecule has 6 nitrogen and oxygen atoms in total. The Morgan fingerprint density at radius 1 is 1.32 bits per heavy atom. The summed E-state index contributed by atoms with van der Waals surface area (Å²) in [6.45, 7) is 0.654. The number of H-pyrrole nitrogens is 1. The lowest BCUT2D eigenvalue weighted by atomic mass is 10.1. The summed E-state index contributed by atoms with van der Waals surface area (Å²) < 4.78 is 14.7. The number of aliphatic hydroxyl groups is 1. The van der Waals surface area contributed by atoms with Crippen LogP contribution in [0.3, 0.4) is 0 Å². The van der Waals surface area contributed by atoms with Gasteiger partial charge in [0.1, 0.15) is 11.3 Å². The van der Waals surface area contributed by atoms with Gasteiger partial charge in [-0.05, 0) is 24.6 Å². The van der Waals surface area contributed by atoms with Crippen molar-refractivity contribution in [1.82, 2.24) is 15.2 Å². The second-order valence-electron chi connectivity index (χ2n) is 4.88. The molecule has 3 rings (SSSR count). The summed E-state index contributed by atoms with van der Waals surface area (Å²) in [5.41, 5.74) is 7.56. The molecule has 0 saturated carbocycles. The van der Waals surface area contributed by atoms with Gasteiger partial charge in [-0.1, -0.05) is 0 Å². The van der Waals surface area contributed by atoms with E-state index in [1.165, 1.54) is 0 Å². The van der Waals surface area contributed by atoms with E-state index in [0.29, 0.717) is 35.3 Å². The first kappa shape index (κ1) is 14.3. The van der Waals surface area contributed by atoms with Crippen LogP contribution in [0.1, 0.15) is 6.42 Å². The van der Waals surface area contributed by atoms with E-state index in [4.69, 9.17) is 10.8 Å². The zero-order chi connectivity index (χ0) is 15.5. The molecule has 0 bridgehead atoms. The van der Waals surface area contributed by atoms with Gasteiger partial charge in [0.15, 0.2) is 5.82 Å². The first-order valence-corrected chi connectivity index (χ1v) is 6.94. The molecule has 0 fully saturated rings. The average molecular weight is 301 g/mol. The summed E-state index contributed by atoms with van der Waals surface area (Å²) in [6.07, 6.45) is 2.23. The van der Waals surface area contributed by atoms with Crippen molar-refractivity contribution in [2.24, 2.45) is 0 Å². The van der Waals surface area contributed by atoms with E-state index in [9.17, 15) is 4.39 Å². The second kappa shape index (κ2) is 5.98. The maximum absolute atomic E-state index is 14.7. The van der Waals surface area contributed by atoms with Crippen molar-refractivity contribution in [2.75, 3.05) is 24.2 Å². The van der Waals surface area contributed by atoms with E-state index in [0.717, 1.165) is 0 Å². The highest BCUT2D eigenvalue weighted by Gasteiger charge is 2.15. The molecule has 7 heteroatoms. The highest BCUT2D eigenvalue weighted by atomic mass is 19.1. The lowest BCUT2D eigenvalue weighted by molar-refractivity contribution is 0.292. The van der Waals surface area contributed by atoms with Crippen molar-refractivity contribution >= 4 is 22.4 Å². The van der Waals surface area contributed by atoms with Crippen LogP contribution in [0.4, 0.5) is 15.9 Å². The molecule has 0 amide bonds. The summed E-state index contributed by atoms with van der Waals surface area (Å²) in [4.78, 5) is 4.11. The number of nitrogen functional groups attached to an aromatic ring is 1. The maximum Gasteiger partial charge on any atom is 0.159 e. The van der Waals surface area contributed by atoms with Gasteiger partial charge in [-0.15, -0.1) is 0 Å². The maximum atomic E-state index is 14.7. The van der Waals surface area contributed by atoms with Crippen molar-refractivity contribution in [2.45, 2.75) is 6.42 Å². The fraction of sp³-hybridized carbons (Fsp3) is 0.200. The van der Waals surface area contributed by atoms with Gasteiger partial charge in [-0.3, -0.25) is 5.10 Å².